The maximum atomic E-state index is 13.2. The minimum atomic E-state index is -2.14. The minimum Gasteiger partial charge on any atom is -0.486 e. The van der Waals surface area contributed by atoms with Crippen molar-refractivity contribution in [2.24, 2.45) is 20.0 Å². The summed E-state index contributed by atoms with van der Waals surface area (Å²) in [5.74, 6) is 9.54. The Morgan fingerprint density at radius 1 is 0.431 bits per heavy atom. The Kier molecular flexibility index (Phi) is 27.2. The lowest BCUT2D eigenvalue weighted by Gasteiger charge is -2.29. The molecule has 7 N–H and O–H groups in total. The second-order valence-corrected chi connectivity index (χ2v) is 35.7. The Bertz CT molecular complexity index is 7930. The fourth-order valence-corrected chi connectivity index (χ4v) is 16.8. The average Bonchev–Trinajstić information content (AvgIpc) is 1.42. The molecule has 0 unspecified atom stereocenters. The number of hydrogen-bond acceptors (Lipinski definition) is 23. The first-order chi connectivity index (χ1) is 66.2. The zero-order chi connectivity index (χ0) is 95.5. The van der Waals surface area contributed by atoms with E-state index in [9.17, 15) is 42.6 Å². The van der Waals surface area contributed by atoms with Gasteiger partial charge in [0.15, 0.2) is 29.1 Å². The normalized spacial score (nSPS) is 12.7. The van der Waals surface area contributed by atoms with Gasteiger partial charge in [-0.15, -0.1) is 0 Å². The van der Waals surface area contributed by atoms with E-state index in [1.165, 1.54) is 61.6 Å². The number of rotatable bonds is 24. The summed E-state index contributed by atoms with van der Waals surface area (Å²) in [6.45, 7) is 8.73. The quantitative estimate of drug-likeness (QED) is 0.0276. The van der Waals surface area contributed by atoms with E-state index in [-0.39, 0.29) is 112 Å². The van der Waals surface area contributed by atoms with E-state index in [1.807, 2.05) is 173 Å². The van der Waals surface area contributed by atoms with Crippen LogP contribution in [0, 0.1) is 33.6 Å². The van der Waals surface area contributed by atoms with Crippen molar-refractivity contribution in [3.8, 4) is 68.5 Å². The molecular weight excluding hydrogens is 1790 g/mol. The first-order valence-electron chi connectivity index (χ1n) is 43.5. The summed E-state index contributed by atoms with van der Waals surface area (Å²) in [5.41, 5.74) is 8.37. The molecule has 0 bridgehead atoms. The molecular formula is C98H91ClN24O13S. The fourth-order valence-electron chi connectivity index (χ4n) is 15.2. The van der Waals surface area contributed by atoms with Gasteiger partial charge in [0.25, 0.3) is 69.0 Å². The highest BCUT2D eigenvalue weighted by Gasteiger charge is 2.29. The number of benzene rings is 8. The second kappa shape index (κ2) is 40.6. The van der Waals surface area contributed by atoms with E-state index in [0.717, 1.165) is 44.6 Å². The van der Waals surface area contributed by atoms with Gasteiger partial charge in [-0.25, -0.2) is 19.9 Å². The average molecular weight is 1880 g/mol. The summed E-state index contributed by atoms with van der Waals surface area (Å²) < 4.78 is 44.3. The molecule has 694 valence electrons. The van der Waals surface area contributed by atoms with E-state index in [1.54, 1.807) is 95.2 Å². The van der Waals surface area contributed by atoms with Crippen LogP contribution in [0.25, 0.3) is 68.7 Å². The number of amides is 4. The van der Waals surface area contributed by atoms with E-state index < -0.39 is 9.52 Å². The van der Waals surface area contributed by atoms with Crippen molar-refractivity contribution in [1.82, 2.24) is 108 Å². The molecule has 39 heteroatoms. The lowest BCUT2D eigenvalue weighted by molar-refractivity contribution is 0.0765. The molecule has 11 heterocycles. The van der Waals surface area contributed by atoms with E-state index >= 15 is 0 Å². The zero-order valence-corrected chi connectivity index (χ0v) is 76.6. The van der Waals surface area contributed by atoms with E-state index in [4.69, 9.17) is 30.5 Å². The van der Waals surface area contributed by atoms with Gasteiger partial charge in [0.1, 0.15) is 60.8 Å². The Morgan fingerprint density at radius 2 is 0.781 bits per heavy atom. The second-order valence-electron chi connectivity index (χ2n) is 32.5. The van der Waals surface area contributed by atoms with Gasteiger partial charge in [0.2, 0.25) is 0 Å². The number of nitrogens with zero attached hydrogens (tertiary/aromatic N) is 17. The molecule has 0 atom stereocenters. The topological polar surface area (TPSA) is 449 Å². The van der Waals surface area contributed by atoms with E-state index in [2.05, 4.69) is 92.3 Å². The van der Waals surface area contributed by atoms with Gasteiger partial charge < -0.3 is 39.8 Å². The van der Waals surface area contributed by atoms with Crippen molar-refractivity contribution in [2.75, 3.05) is 41.8 Å². The van der Waals surface area contributed by atoms with Crippen molar-refractivity contribution in [2.45, 2.75) is 73.4 Å². The van der Waals surface area contributed by atoms with Gasteiger partial charge in [0, 0.05) is 110 Å². The summed E-state index contributed by atoms with van der Waals surface area (Å²) in [6.07, 6.45) is 5.31. The maximum Gasteiger partial charge on any atom is 0.274 e. The highest BCUT2D eigenvalue weighted by atomic mass is 35.5. The van der Waals surface area contributed by atoms with Crippen LogP contribution in [-0.2, 0) is 50.0 Å². The van der Waals surface area contributed by atoms with Crippen LogP contribution in [0.15, 0.2) is 256 Å². The Balaban J connectivity index is 0.000000127. The van der Waals surface area contributed by atoms with Crippen molar-refractivity contribution < 1.29 is 42.3 Å². The molecule has 1 aliphatic heterocycles. The van der Waals surface area contributed by atoms with Gasteiger partial charge in [-0.1, -0.05) is 182 Å². The monoisotopic (exact) mass is 1880 g/mol. The molecule has 1 aliphatic carbocycles. The fraction of sp³-hybridized carbons (Fsp3) is 0.194. The summed E-state index contributed by atoms with van der Waals surface area (Å²) >= 11 is 6.37. The number of nitrogens with one attached hydrogen (secondary N) is 7. The summed E-state index contributed by atoms with van der Waals surface area (Å²) in [5, 5.41) is 29.2. The lowest BCUT2D eigenvalue weighted by atomic mass is 9.85. The molecule has 1 saturated carbocycles. The molecule has 0 spiro atoms. The van der Waals surface area contributed by atoms with Gasteiger partial charge >= 0.3 is 0 Å². The van der Waals surface area contributed by atoms with Gasteiger partial charge in [-0.2, -0.15) is 48.2 Å². The smallest absolute Gasteiger partial charge is 0.274 e. The number of fused-ring (bicyclic) bond motifs is 4. The Labute approximate surface area is 785 Å². The molecule has 1 saturated heterocycles. The number of carbonyl (C=O) groups excluding carboxylic acids is 4. The van der Waals surface area contributed by atoms with Crippen molar-refractivity contribution in [3.05, 3.63) is 351 Å². The number of aromatic amines is 4. The van der Waals surface area contributed by atoms with Crippen LogP contribution in [0.1, 0.15) is 106 Å². The minimum absolute atomic E-state index is 0.00613. The number of ether oxygens (including phenoxy) is 4. The SMILES string of the molecule is C=S1(=O)CCN(C(=O)c2c(Cl)cccc2OCc2cc(=O)n3[nH]c(-c4ccccc4)nc3n2)CC1.Cc1cc(NC(=O)c2c(C)cccc2OCc2cc(=O)n3[nH]c(-c4ccccc4)nc3n2)n(C)n1.Cc1cccc(OCc2cc(=O)n3[nH]c(-c4ccccc4)nc3n2)c1C(=O)NCC1CCC1.Cc1cccc(OCc2cc(=O)n3[nH]c(-c4ccccc4)nc3n2)c1C(=O)Nc1ccn(C)n1. The molecule has 37 nitrogen and oxygen atoms in total. The van der Waals surface area contributed by atoms with Crippen molar-refractivity contribution in [1.29, 1.82) is 0 Å². The van der Waals surface area contributed by atoms with Crippen LogP contribution in [-0.4, -0.2) is 168 Å². The Hall–Kier alpha value is -17.0. The number of aryl methyl sites for hydroxylation is 6. The molecule has 8 aromatic carbocycles. The number of anilines is 2. The molecule has 20 rings (SSSR count). The highest BCUT2D eigenvalue weighted by Crippen LogP contribution is 2.33. The molecule has 4 amide bonds. The van der Waals surface area contributed by atoms with Crippen LogP contribution >= 0.6 is 11.6 Å². The third-order valence-electron chi connectivity index (χ3n) is 22.5. The van der Waals surface area contributed by atoms with Gasteiger partial charge in [-0.05, 0) is 109 Å². The van der Waals surface area contributed by atoms with Crippen LogP contribution in [0.2, 0.25) is 5.02 Å². The lowest BCUT2D eigenvalue weighted by Crippen LogP contribution is -2.43. The first-order valence-corrected chi connectivity index (χ1v) is 46.0. The molecule has 10 aromatic heterocycles. The predicted molar refractivity (Wildman–Crippen MR) is 516 cm³/mol. The third kappa shape index (κ3) is 21.5. The van der Waals surface area contributed by atoms with Crippen LogP contribution in [0.3, 0.4) is 0 Å². The van der Waals surface area contributed by atoms with Crippen molar-refractivity contribution >= 4 is 85.4 Å². The van der Waals surface area contributed by atoms with Crippen LogP contribution in [0.5, 0.6) is 23.0 Å². The summed E-state index contributed by atoms with van der Waals surface area (Å²) in [7, 11) is 1.39. The van der Waals surface area contributed by atoms with Gasteiger partial charge in [0.05, 0.1) is 50.2 Å². The van der Waals surface area contributed by atoms with Crippen LogP contribution in [0.4, 0.5) is 11.6 Å². The number of aromatic nitrogens is 20. The molecule has 2 aliphatic rings. The first kappa shape index (κ1) is 91.8. The van der Waals surface area contributed by atoms with E-state index in [0.29, 0.717) is 129 Å². The number of carbonyl (C=O) groups is 4. The Morgan fingerprint density at radius 3 is 1.12 bits per heavy atom. The van der Waals surface area contributed by atoms with Crippen LogP contribution < -0.4 is 57.1 Å². The maximum absolute atomic E-state index is 13.2. The summed E-state index contributed by atoms with van der Waals surface area (Å²) in [6, 6.07) is 68.0. The third-order valence-corrected chi connectivity index (χ3v) is 24.7. The number of H-pyrrole nitrogens is 4. The molecule has 18 aromatic rings. The number of halogens is 1. The number of hydrogen-bond donors (Lipinski definition) is 7. The molecule has 0 radical (unpaired) electrons. The largest absolute Gasteiger partial charge is 0.486 e. The molecule has 137 heavy (non-hydrogen) atoms. The zero-order valence-electron chi connectivity index (χ0n) is 75.0. The predicted octanol–water partition coefficient (Wildman–Crippen LogP) is 12.2. The van der Waals surface area contributed by atoms with Gasteiger partial charge in [-0.3, -0.25) is 72.3 Å². The van der Waals surface area contributed by atoms with Crippen molar-refractivity contribution in [3.63, 3.8) is 0 Å². The summed E-state index contributed by atoms with van der Waals surface area (Å²) in [4.78, 5) is 140. The highest BCUT2D eigenvalue weighted by molar-refractivity contribution is 8.00. The standard InChI is InChI=1S/C25H23N7O3.C25H25N5O3.C24H22ClN5O4S.C24H21N7O3/c1-15-8-7-11-19(22(15)24(34)27-20-12-16(2)29-31(20)3)35-14-18-13-21(33)32-25(26-18)28-23(30-32)17-9-5-4-6-10-17;1-16-7-5-12-20(22(16)24(32)26-14-17-8-6-9-17)33-15-19-13-21(31)30-25(27-19)28-23(29-30)18-10-3-2-4-11-18;1-35(33)12-10-29(11-13-35)23(32)21-18(25)8-5-9-19(21)34-15-17-14-20(31)30-24(26-17)27-22(28-30)16-6-3-2-4-7-16;1-15-7-6-10-18(21(15)23(33)26-19-11-12-30(2)28-19)34-14-17-13-20(32)31-24(25-17)27-22(29-31)16-8-4-3-5-9-16/h4-13H,14H2,1-3H3,(H,27,34)(H,26,28,30);2-5,7,10-13,17H,6,8-9,14-15H2,1H3,(H,26,32)(H,27,28,29);2-9,14H,1,10-13,15H2,(H,26,27,28);3-13H,14H2,1-2H3,(H,25,27,29)(H,26,28,33). The molecule has 2 fully saturated rings.